The van der Waals surface area contributed by atoms with E-state index in [1.165, 1.54) is 4.31 Å². The predicted octanol–water partition coefficient (Wildman–Crippen LogP) is 2.58. The van der Waals surface area contributed by atoms with Crippen molar-refractivity contribution < 1.29 is 22.4 Å². The third-order valence-electron chi connectivity index (χ3n) is 4.87. The Bertz CT molecular complexity index is 943. The first-order chi connectivity index (χ1) is 13.3. The summed E-state index contributed by atoms with van der Waals surface area (Å²) in [4.78, 5) is 14.3. The fraction of sp³-hybridized carbons (Fsp3) is 0.450. The van der Waals surface area contributed by atoms with E-state index in [2.05, 4.69) is 0 Å². The van der Waals surface area contributed by atoms with Crippen molar-refractivity contribution in [1.29, 1.82) is 0 Å². The van der Waals surface area contributed by atoms with Crippen LogP contribution in [0.2, 0.25) is 0 Å². The SMILES string of the molecule is CCS(=O)(=O)N1CCN(C(=O)c2ccc(COc3cc(C)ccc3C)o2)CC1. The van der Waals surface area contributed by atoms with E-state index in [0.717, 1.165) is 16.9 Å². The Labute approximate surface area is 165 Å². The summed E-state index contributed by atoms with van der Waals surface area (Å²) in [5, 5.41) is 0. The van der Waals surface area contributed by atoms with Gasteiger partial charge in [0.1, 0.15) is 18.1 Å². The molecule has 1 fully saturated rings. The highest BCUT2D eigenvalue weighted by molar-refractivity contribution is 7.89. The molecule has 0 unspecified atom stereocenters. The summed E-state index contributed by atoms with van der Waals surface area (Å²) >= 11 is 0. The molecule has 0 spiro atoms. The molecule has 0 radical (unpaired) electrons. The van der Waals surface area contributed by atoms with Gasteiger partial charge in [0.2, 0.25) is 10.0 Å². The van der Waals surface area contributed by atoms with Crippen LogP contribution < -0.4 is 4.74 Å². The van der Waals surface area contributed by atoms with Gasteiger partial charge < -0.3 is 14.1 Å². The minimum atomic E-state index is -3.22. The van der Waals surface area contributed by atoms with E-state index in [4.69, 9.17) is 9.15 Å². The molecule has 7 nitrogen and oxygen atoms in total. The number of rotatable bonds is 6. The van der Waals surface area contributed by atoms with Crippen LogP contribution in [0.1, 0.15) is 34.4 Å². The van der Waals surface area contributed by atoms with Gasteiger partial charge in [-0.2, -0.15) is 4.31 Å². The fourth-order valence-electron chi connectivity index (χ4n) is 3.09. The molecule has 28 heavy (non-hydrogen) atoms. The van der Waals surface area contributed by atoms with Crippen molar-refractivity contribution in [3.63, 3.8) is 0 Å². The first-order valence-electron chi connectivity index (χ1n) is 9.36. The Morgan fingerprint density at radius 3 is 2.50 bits per heavy atom. The molecule has 1 amide bonds. The summed E-state index contributed by atoms with van der Waals surface area (Å²) in [6.07, 6.45) is 0. The van der Waals surface area contributed by atoms with Crippen molar-refractivity contribution in [2.45, 2.75) is 27.4 Å². The Morgan fingerprint density at radius 1 is 1.11 bits per heavy atom. The molecule has 2 aromatic rings. The molecular weight excluding hydrogens is 380 g/mol. The second-order valence-electron chi connectivity index (χ2n) is 6.92. The predicted molar refractivity (Wildman–Crippen MR) is 106 cm³/mol. The summed E-state index contributed by atoms with van der Waals surface area (Å²) in [6, 6.07) is 9.36. The van der Waals surface area contributed by atoms with Crippen LogP contribution >= 0.6 is 0 Å². The molecule has 3 rings (SSSR count). The molecule has 2 heterocycles. The zero-order chi connectivity index (χ0) is 20.3. The number of sulfonamides is 1. The maximum atomic E-state index is 12.6. The van der Waals surface area contributed by atoms with E-state index in [9.17, 15) is 13.2 Å². The molecular formula is C20H26N2O5S. The van der Waals surface area contributed by atoms with E-state index in [0.29, 0.717) is 31.9 Å². The van der Waals surface area contributed by atoms with Gasteiger partial charge in [-0.1, -0.05) is 12.1 Å². The molecule has 1 aromatic carbocycles. The van der Waals surface area contributed by atoms with Crippen LogP contribution in [0.4, 0.5) is 0 Å². The van der Waals surface area contributed by atoms with Crippen LogP contribution in [0.25, 0.3) is 0 Å². The van der Waals surface area contributed by atoms with Crippen molar-refractivity contribution in [3.8, 4) is 5.75 Å². The first-order valence-corrected chi connectivity index (χ1v) is 11.0. The quantitative estimate of drug-likeness (QED) is 0.737. The highest BCUT2D eigenvalue weighted by Gasteiger charge is 2.29. The number of ether oxygens (including phenoxy) is 1. The number of hydrogen-bond donors (Lipinski definition) is 0. The van der Waals surface area contributed by atoms with Crippen LogP contribution in [-0.2, 0) is 16.6 Å². The van der Waals surface area contributed by atoms with E-state index in [1.807, 2.05) is 32.0 Å². The van der Waals surface area contributed by atoms with Gasteiger partial charge in [-0.25, -0.2) is 8.42 Å². The summed E-state index contributed by atoms with van der Waals surface area (Å²) in [5.41, 5.74) is 2.15. The maximum Gasteiger partial charge on any atom is 0.289 e. The van der Waals surface area contributed by atoms with E-state index >= 15 is 0 Å². The summed E-state index contributed by atoms with van der Waals surface area (Å²) < 4.78 is 36.8. The van der Waals surface area contributed by atoms with Gasteiger partial charge >= 0.3 is 0 Å². The van der Waals surface area contributed by atoms with Gasteiger partial charge in [-0.05, 0) is 50.1 Å². The molecule has 0 bridgehead atoms. The molecule has 1 aliphatic heterocycles. The van der Waals surface area contributed by atoms with Crippen LogP contribution in [-0.4, -0.2) is 55.5 Å². The van der Waals surface area contributed by atoms with Crippen molar-refractivity contribution in [3.05, 3.63) is 53.0 Å². The van der Waals surface area contributed by atoms with Crippen molar-refractivity contribution in [2.75, 3.05) is 31.9 Å². The number of nitrogens with zero attached hydrogens (tertiary/aromatic N) is 2. The minimum Gasteiger partial charge on any atom is -0.485 e. The highest BCUT2D eigenvalue weighted by atomic mass is 32.2. The van der Waals surface area contributed by atoms with Gasteiger partial charge in [0.15, 0.2) is 5.76 Å². The molecule has 0 aliphatic carbocycles. The summed E-state index contributed by atoms with van der Waals surface area (Å²) in [7, 11) is -3.22. The summed E-state index contributed by atoms with van der Waals surface area (Å²) in [5.74, 6) is 1.44. The van der Waals surface area contributed by atoms with E-state index in [-0.39, 0.29) is 24.0 Å². The van der Waals surface area contributed by atoms with Crippen LogP contribution in [0, 0.1) is 13.8 Å². The topological polar surface area (TPSA) is 80.1 Å². The third-order valence-corrected chi connectivity index (χ3v) is 6.75. The lowest BCUT2D eigenvalue weighted by molar-refractivity contribution is 0.0662. The zero-order valence-electron chi connectivity index (χ0n) is 16.5. The molecule has 1 aliphatic rings. The molecule has 152 valence electrons. The molecule has 8 heteroatoms. The lowest BCUT2D eigenvalue weighted by atomic mass is 10.1. The number of piperazine rings is 1. The molecule has 0 N–H and O–H groups in total. The van der Waals surface area contributed by atoms with Crippen LogP contribution in [0.15, 0.2) is 34.7 Å². The Balaban J connectivity index is 1.58. The number of aryl methyl sites for hydroxylation is 2. The van der Waals surface area contributed by atoms with Gasteiger partial charge in [-0.15, -0.1) is 0 Å². The highest BCUT2D eigenvalue weighted by Crippen LogP contribution is 2.21. The normalized spacial score (nSPS) is 15.6. The number of amides is 1. The number of carbonyl (C=O) groups excluding carboxylic acids is 1. The average molecular weight is 407 g/mol. The lowest BCUT2D eigenvalue weighted by Gasteiger charge is -2.33. The largest absolute Gasteiger partial charge is 0.485 e. The molecule has 1 saturated heterocycles. The Morgan fingerprint density at radius 2 is 1.82 bits per heavy atom. The van der Waals surface area contributed by atoms with Gasteiger partial charge in [0, 0.05) is 26.2 Å². The van der Waals surface area contributed by atoms with Gasteiger partial charge in [0.05, 0.1) is 5.75 Å². The van der Waals surface area contributed by atoms with E-state index < -0.39 is 10.0 Å². The average Bonchev–Trinajstić information content (AvgIpc) is 3.17. The molecule has 1 aromatic heterocycles. The zero-order valence-corrected chi connectivity index (χ0v) is 17.3. The van der Waals surface area contributed by atoms with Crippen molar-refractivity contribution in [2.24, 2.45) is 0 Å². The first kappa shape index (κ1) is 20.4. The van der Waals surface area contributed by atoms with Crippen LogP contribution in [0.3, 0.4) is 0 Å². The van der Waals surface area contributed by atoms with E-state index in [1.54, 1.807) is 24.0 Å². The van der Waals surface area contributed by atoms with Gasteiger partial charge in [0.25, 0.3) is 5.91 Å². The molecule has 0 saturated carbocycles. The Hall–Kier alpha value is -2.32. The second-order valence-corrected chi connectivity index (χ2v) is 9.17. The standard InChI is InChI=1S/C20H26N2O5S/c1-4-28(24,25)22-11-9-21(10-12-22)20(23)18-8-7-17(27-18)14-26-19-13-15(2)5-6-16(19)3/h5-8,13H,4,9-12,14H2,1-3H3. The molecule has 0 atom stereocenters. The number of furan rings is 1. The Kier molecular flexibility index (Phi) is 6.10. The van der Waals surface area contributed by atoms with Crippen molar-refractivity contribution in [1.82, 2.24) is 9.21 Å². The van der Waals surface area contributed by atoms with Gasteiger partial charge in [-0.3, -0.25) is 4.79 Å². The monoisotopic (exact) mass is 406 g/mol. The van der Waals surface area contributed by atoms with Crippen LogP contribution in [0.5, 0.6) is 5.75 Å². The number of benzene rings is 1. The smallest absolute Gasteiger partial charge is 0.289 e. The third kappa shape index (κ3) is 4.56. The fourth-order valence-corrected chi connectivity index (χ4v) is 4.17. The second kappa shape index (κ2) is 8.36. The minimum absolute atomic E-state index is 0.0723. The lowest BCUT2D eigenvalue weighted by Crippen LogP contribution is -2.50. The van der Waals surface area contributed by atoms with Crippen molar-refractivity contribution >= 4 is 15.9 Å². The number of carbonyl (C=O) groups is 1. The number of hydrogen-bond acceptors (Lipinski definition) is 5. The maximum absolute atomic E-state index is 12.6. The summed E-state index contributed by atoms with van der Waals surface area (Å²) in [6.45, 7) is 7.17.